The molecule has 3 N–H and O–H groups in total. The van der Waals surface area contributed by atoms with Gasteiger partial charge < -0.3 is 15.8 Å². The molecule has 0 fully saturated rings. The Morgan fingerprint density at radius 1 is 1.17 bits per heavy atom. The normalized spacial score (nSPS) is 16.9. The molecule has 0 radical (unpaired) electrons. The summed E-state index contributed by atoms with van der Waals surface area (Å²) >= 11 is 0. The number of aromatic nitrogens is 2. The highest BCUT2D eigenvalue weighted by atomic mass is 16.5. The summed E-state index contributed by atoms with van der Waals surface area (Å²) in [7, 11) is 0. The lowest BCUT2D eigenvalue weighted by molar-refractivity contribution is 0.404. The summed E-state index contributed by atoms with van der Waals surface area (Å²) < 4.78 is 8.53. The van der Waals surface area contributed by atoms with Gasteiger partial charge in [0.15, 0.2) is 5.75 Å². The number of ether oxygens (including phenoxy) is 1. The van der Waals surface area contributed by atoms with Gasteiger partial charge in [-0.1, -0.05) is 42.5 Å². The Hall–Kier alpha value is -3.73. The van der Waals surface area contributed by atoms with Crippen LogP contribution in [0.25, 0.3) is 28.5 Å². The number of pyridine rings is 1. The Morgan fingerprint density at radius 2 is 2.00 bits per heavy atom. The third kappa shape index (κ3) is 2.66. The van der Waals surface area contributed by atoms with Gasteiger partial charge in [0.25, 0.3) is 0 Å². The molecule has 0 spiro atoms. The Bertz CT molecular complexity index is 1200. The van der Waals surface area contributed by atoms with Crippen molar-refractivity contribution in [2.75, 3.05) is 5.73 Å². The van der Waals surface area contributed by atoms with E-state index in [1.807, 2.05) is 67.0 Å². The second kappa shape index (κ2) is 6.71. The van der Waals surface area contributed by atoms with Crippen LogP contribution < -0.4 is 15.8 Å². The van der Waals surface area contributed by atoms with Crippen molar-refractivity contribution in [1.29, 1.82) is 0 Å². The average Bonchev–Trinajstić information content (AvgIpc) is 2.91. The van der Waals surface area contributed by atoms with Gasteiger partial charge in [0.05, 0.1) is 5.56 Å². The number of hydrogen-bond acceptors (Lipinski definition) is 4. The van der Waals surface area contributed by atoms with Crippen LogP contribution in [-0.4, -0.2) is 9.55 Å². The van der Waals surface area contributed by atoms with Crippen LogP contribution in [0.15, 0.2) is 72.6 Å². The minimum absolute atomic E-state index is 0.141. The van der Waals surface area contributed by atoms with E-state index in [0.717, 1.165) is 39.4 Å². The minimum Gasteiger partial charge on any atom is -0.438 e. The Labute approximate surface area is 169 Å². The molecule has 29 heavy (non-hydrogen) atoms. The van der Waals surface area contributed by atoms with Gasteiger partial charge in [-0.25, -0.2) is 0 Å². The van der Waals surface area contributed by atoms with Gasteiger partial charge in [-0.15, -0.1) is 0 Å². The van der Waals surface area contributed by atoms with Gasteiger partial charge >= 0.3 is 0 Å². The highest BCUT2D eigenvalue weighted by Gasteiger charge is 2.31. The molecule has 5 nitrogen and oxygen atoms in total. The topological polar surface area (TPSA) is 65.1 Å². The number of nitrogens with one attached hydrogen (secondary N) is 1. The van der Waals surface area contributed by atoms with Gasteiger partial charge in [-0.2, -0.15) is 0 Å². The molecule has 4 heterocycles. The number of rotatable bonds is 2. The van der Waals surface area contributed by atoms with E-state index in [-0.39, 0.29) is 6.17 Å². The minimum atomic E-state index is -0.141. The van der Waals surface area contributed by atoms with Gasteiger partial charge in [0.2, 0.25) is 5.88 Å². The van der Waals surface area contributed by atoms with Crippen molar-refractivity contribution >= 4 is 11.9 Å². The van der Waals surface area contributed by atoms with Crippen LogP contribution in [0.1, 0.15) is 25.6 Å². The molecule has 0 aliphatic carbocycles. The van der Waals surface area contributed by atoms with Crippen LogP contribution in [0.2, 0.25) is 0 Å². The van der Waals surface area contributed by atoms with Crippen molar-refractivity contribution in [2.45, 2.75) is 20.0 Å². The molecule has 1 aromatic carbocycles. The molecule has 5 heteroatoms. The molecule has 2 aliphatic rings. The van der Waals surface area contributed by atoms with Gasteiger partial charge in [0.1, 0.15) is 17.7 Å². The predicted molar refractivity (Wildman–Crippen MR) is 117 cm³/mol. The maximum Gasteiger partial charge on any atom is 0.212 e. The standard InChI is InChI=1S/C24H22N4O/c1-3-8-18-21-16-10-4-5-11-17(16)22-19(12-7-14-26-22)29-24(21)28(23(18)25)20-13-6-9-15(2)27-20/h3-14,20,27H,25H2,1-2H3. The highest BCUT2D eigenvalue weighted by Crippen LogP contribution is 2.51. The first kappa shape index (κ1) is 17.4. The van der Waals surface area contributed by atoms with Crippen LogP contribution in [0.3, 0.4) is 0 Å². The first-order chi connectivity index (χ1) is 14.2. The Balaban J connectivity index is 1.85. The van der Waals surface area contributed by atoms with Crippen molar-refractivity contribution in [1.82, 2.24) is 14.9 Å². The van der Waals surface area contributed by atoms with Crippen molar-refractivity contribution in [3.63, 3.8) is 0 Å². The second-order valence-electron chi connectivity index (χ2n) is 7.17. The zero-order chi connectivity index (χ0) is 20.0. The van der Waals surface area contributed by atoms with E-state index in [0.29, 0.717) is 11.7 Å². The van der Waals surface area contributed by atoms with Crippen molar-refractivity contribution < 1.29 is 4.74 Å². The second-order valence-corrected chi connectivity index (χ2v) is 7.17. The van der Waals surface area contributed by atoms with Crippen LogP contribution in [0.4, 0.5) is 5.82 Å². The first-order valence-corrected chi connectivity index (χ1v) is 9.69. The number of nitrogens with two attached hydrogens (primary N) is 1. The predicted octanol–water partition coefficient (Wildman–Crippen LogP) is 5.50. The SMILES string of the molecule is CC=Cc1c2c(n(C3C=CC=C(C)N3)c1N)Oc1cccnc1-c1ccccc1-2. The lowest BCUT2D eigenvalue weighted by Crippen LogP contribution is -2.26. The van der Waals surface area contributed by atoms with Crippen LogP contribution in [0, 0.1) is 0 Å². The van der Waals surface area contributed by atoms with Crippen molar-refractivity contribution in [3.8, 4) is 34.0 Å². The third-order valence-electron chi connectivity index (χ3n) is 5.29. The molecular formula is C24H22N4O. The smallest absolute Gasteiger partial charge is 0.212 e. The molecular weight excluding hydrogens is 360 g/mol. The van der Waals surface area contributed by atoms with Gasteiger partial charge in [0, 0.05) is 23.0 Å². The summed E-state index contributed by atoms with van der Waals surface area (Å²) in [6, 6.07) is 12.1. The number of nitrogen functional groups attached to an aromatic ring is 1. The van der Waals surface area contributed by atoms with Crippen LogP contribution in [-0.2, 0) is 0 Å². The monoisotopic (exact) mass is 382 g/mol. The molecule has 0 saturated heterocycles. The van der Waals surface area contributed by atoms with E-state index >= 15 is 0 Å². The molecule has 0 bridgehead atoms. The maximum absolute atomic E-state index is 6.70. The van der Waals surface area contributed by atoms with Crippen molar-refractivity contribution in [2.24, 2.45) is 0 Å². The number of allylic oxidation sites excluding steroid dienone is 4. The molecule has 0 amide bonds. The molecule has 1 atom stereocenters. The highest BCUT2D eigenvalue weighted by molar-refractivity contribution is 5.95. The molecule has 3 aromatic rings. The zero-order valence-electron chi connectivity index (χ0n) is 16.4. The van der Waals surface area contributed by atoms with E-state index in [9.17, 15) is 0 Å². The van der Waals surface area contributed by atoms with Crippen LogP contribution >= 0.6 is 0 Å². The summed E-state index contributed by atoms with van der Waals surface area (Å²) in [5, 5.41) is 3.48. The number of anilines is 1. The number of nitrogens with zero attached hydrogens (tertiary/aromatic N) is 2. The molecule has 5 rings (SSSR count). The summed E-state index contributed by atoms with van der Waals surface area (Å²) in [6.45, 7) is 4.03. The molecule has 0 saturated carbocycles. The zero-order valence-corrected chi connectivity index (χ0v) is 16.4. The molecule has 1 unspecified atom stereocenters. The fraction of sp³-hybridized carbons (Fsp3) is 0.125. The lowest BCUT2D eigenvalue weighted by Gasteiger charge is -2.24. The van der Waals surface area contributed by atoms with E-state index in [4.69, 9.17) is 10.5 Å². The fourth-order valence-electron chi connectivity index (χ4n) is 4.05. The summed E-state index contributed by atoms with van der Waals surface area (Å²) in [6.07, 6.45) is 11.9. The molecule has 144 valence electrons. The number of benzene rings is 1. The fourth-order valence-corrected chi connectivity index (χ4v) is 4.05. The van der Waals surface area contributed by atoms with E-state index < -0.39 is 0 Å². The molecule has 2 aromatic heterocycles. The Morgan fingerprint density at radius 3 is 2.79 bits per heavy atom. The van der Waals surface area contributed by atoms with Gasteiger partial charge in [-0.05, 0) is 43.7 Å². The van der Waals surface area contributed by atoms with E-state index in [1.54, 1.807) is 6.20 Å². The summed E-state index contributed by atoms with van der Waals surface area (Å²) in [5.41, 5.74) is 12.6. The Kier molecular flexibility index (Phi) is 4.02. The number of fused-ring (bicyclic) bond motifs is 5. The summed E-state index contributed by atoms with van der Waals surface area (Å²) in [4.78, 5) is 4.61. The largest absolute Gasteiger partial charge is 0.438 e. The quantitative estimate of drug-likeness (QED) is 0.480. The third-order valence-corrected chi connectivity index (χ3v) is 5.29. The van der Waals surface area contributed by atoms with E-state index in [2.05, 4.69) is 28.5 Å². The number of dihydropyridines is 1. The van der Waals surface area contributed by atoms with Crippen molar-refractivity contribution in [3.05, 3.63) is 78.2 Å². The summed E-state index contributed by atoms with van der Waals surface area (Å²) in [5.74, 6) is 2.09. The van der Waals surface area contributed by atoms with E-state index in [1.165, 1.54) is 0 Å². The molecule has 2 aliphatic heterocycles. The maximum atomic E-state index is 6.70. The van der Waals surface area contributed by atoms with Crippen LogP contribution in [0.5, 0.6) is 11.6 Å². The van der Waals surface area contributed by atoms with Gasteiger partial charge in [-0.3, -0.25) is 9.55 Å². The lowest BCUT2D eigenvalue weighted by atomic mass is 9.96. The first-order valence-electron chi connectivity index (χ1n) is 9.69. The average molecular weight is 382 g/mol. The number of hydrogen-bond donors (Lipinski definition) is 2.